The van der Waals surface area contributed by atoms with Gasteiger partial charge < -0.3 is 36.6 Å². The highest BCUT2D eigenvalue weighted by atomic mass is 32.2. The molecule has 2 unspecified atom stereocenters. The van der Waals surface area contributed by atoms with Crippen molar-refractivity contribution in [3.8, 4) is 0 Å². The summed E-state index contributed by atoms with van der Waals surface area (Å²) in [6, 6.07) is 17.4. The van der Waals surface area contributed by atoms with E-state index in [0.717, 1.165) is 49.5 Å². The van der Waals surface area contributed by atoms with E-state index in [1.165, 1.54) is 0 Å². The quantitative estimate of drug-likeness (QED) is 0.0243. The van der Waals surface area contributed by atoms with Crippen LogP contribution in [0.3, 0.4) is 0 Å². The van der Waals surface area contributed by atoms with Crippen molar-refractivity contribution in [2.45, 2.75) is 39.0 Å². The molecule has 0 saturated heterocycles. The second-order valence-electron chi connectivity index (χ2n) is 9.72. The van der Waals surface area contributed by atoms with E-state index < -0.39 is 17.8 Å². The van der Waals surface area contributed by atoms with Crippen molar-refractivity contribution in [1.82, 2.24) is 15.7 Å². The fourth-order valence-electron chi connectivity index (χ4n) is 3.96. The SMILES string of the molecule is C/C(N)=N/N=C(\N)c1ccc(CC(=O)NCCCN(SCCNCCCCC(C(=O)O)C(=O)NP)c2ccccc2)cc1. The highest BCUT2D eigenvalue weighted by Crippen LogP contribution is 2.22. The van der Waals surface area contributed by atoms with Crippen LogP contribution < -0.4 is 31.5 Å². The predicted octanol–water partition coefficient (Wildman–Crippen LogP) is 2.25. The van der Waals surface area contributed by atoms with Gasteiger partial charge in [-0.05, 0) is 71.8 Å². The molecule has 43 heavy (non-hydrogen) atoms. The van der Waals surface area contributed by atoms with Gasteiger partial charge in [0.2, 0.25) is 11.8 Å². The second-order valence-corrected chi connectivity index (χ2v) is 11.1. The molecule has 234 valence electrons. The molecule has 2 aromatic rings. The van der Waals surface area contributed by atoms with Gasteiger partial charge in [0.1, 0.15) is 11.8 Å². The van der Waals surface area contributed by atoms with Gasteiger partial charge in [-0.1, -0.05) is 48.9 Å². The van der Waals surface area contributed by atoms with Gasteiger partial charge in [-0.15, -0.1) is 10.2 Å². The summed E-state index contributed by atoms with van der Waals surface area (Å²) in [5, 5.41) is 25.5. The van der Waals surface area contributed by atoms with Crippen molar-refractivity contribution in [3.05, 3.63) is 65.7 Å². The standard InChI is InChI=1S/C29H43N8O4PS/c1-21(30)34-35-27(31)23-13-11-22(12-14-23)20-26(38)33-16-7-18-37(24-8-3-2-4-9-24)43-19-17-32-15-6-5-10-25(29(40)41)28(39)36-42/h2-4,8-9,11-14,25,32H,5-7,10,15-20,42H2,1H3,(H2,30,34)(H2,31,35)(H,33,38)(H,36,39)(H,40,41). The maximum atomic E-state index is 12.5. The maximum Gasteiger partial charge on any atom is 0.316 e. The Labute approximate surface area is 259 Å². The fraction of sp³-hybridized carbons (Fsp3) is 0.414. The van der Waals surface area contributed by atoms with Crippen LogP contribution in [0.1, 0.15) is 43.7 Å². The Balaban J connectivity index is 1.70. The van der Waals surface area contributed by atoms with E-state index in [1.54, 1.807) is 31.0 Å². The van der Waals surface area contributed by atoms with Crippen LogP contribution in [0.15, 0.2) is 64.8 Å². The number of hydrogen-bond donors (Lipinski definition) is 6. The van der Waals surface area contributed by atoms with Gasteiger partial charge in [0.05, 0.1) is 6.42 Å². The summed E-state index contributed by atoms with van der Waals surface area (Å²) in [5.74, 6) is -1.25. The average Bonchev–Trinajstić information content (AvgIpc) is 3.00. The third-order valence-corrected chi connectivity index (χ3v) is 7.59. The number of aliphatic carboxylic acids is 1. The third-order valence-electron chi connectivity index (χ3n) is 6.21. The van der Waals surface area contributed by atoms with E-state index in [0.29, 0.717) is 30.8 Å². The lowest BCUT2D eigenvalue weighted by atomic mass is 10.0. The number of hydrogen-bond acceptors (Lipinski definition) is 8. The van der Waals surface area contributed by atoms with E-state index in [1.807, 2.05) is 30.3 Å². The molecule has 2 rings (SSSR count). The Bertz CT molecular complexity index is 1210. The van der Waals surface area contributed by atoms with E-state index in [9.17, 15) is 19.5 Å². The molecule has 14 heteroatoms. The molecule has 0 bridgehead atoms. The van der Waals surface area contributed by atoms with Crippen LogP contribution in [0.5, 0.6) is 0 Å². The molecule has 2 amide bonds. The number of nitrogens with one attached hydrogen (secondary N) is 3. The minimum atomic E-state index is -1.10. The van der Waals surface area contributed by atoms with Gasteiger partial charge >= 0.3 is 5.97 Å². The Morgan fingerprint density at radius 2 is 1.70 bits per heavy atom. The number of carbonyl (C=O) groups is 3. The van der Waals surface area contributed by atoms with Crippen molar-refractivity contribution in [3.63, 3.8) is 0 Å². The molecule has 0 heterocycles. The zero-order valence-electron chi connectivity index (χ0n) is 24.5. The molecule has 2 atom stereocenters. The van der Waals surface area contributed by atoms with Gasteiger partial charge in [0.15, 0.2) is 5.84 Å². The number of nitrogens with zero attached hydrogens (tertiary/aromatic N) is 3. The molecular weight excluding hydrogens is 587 g/mol. The van der Waals surface area contributed by atoms with Crippen molar-refractivity contribution in [2.75, 3.05) is 36.2 Å². The molecular formula is C29H43N8O4PS. The van der Waals surface area contributed by atoms with E-state index >= 15 is 0 Å². The van der Waals surface area contributed by atoms with Crippen LogP contribution in [-0.4, -0.2) is 66.5 Å². The number of carbonyl (C=O) groups excluding carboxylic acids is 2. The number of unbranched alkanes of at least 4 members (excludes halogenated alkanes) is 1. The number of amides is 2. The first-order valence-corrected chi connectivity index (χ1v) is 15.6. The third kappa shape index (κ3) is 14.4. The van der Waals surface area contributed by atoms with E-state index in [4.69, 9.17) is 11.5 Å². The van der Waals surface area contributed by atoms with Gasteiger partial charge in [0.25, 0.3) is 0 Å². The number of carboxylic acid groups (broad SMARTS) is 1. The van der Waals surface area contributed by atoms with Crippen LogP contribution in [0.2, 0.25) is 0 Å². The lowest BCUT2D eigenvalue weighted by Gasteiger charge is -2.23. The van der Waals surface area contributed by atoms with Gasteiger partial charge in [-0.3, -0.25) is 14.4 Å². The smallest absolute Gasteiger partial charge is 0.316 e. The molecule has 0 aliphatic heterocycles. The van der Waals surface area contributed by atoms with Crippen LogP contribution in [0.4, 0.5) is 5.69 Å². The highest BCUT2D eigenvalue weighted by molar-refractivity contribution is 8.00. The maximum absolute atomic E-state index is 12.5. The summed E-state index contributed by atoms with van der Waals surface area (Å²) >= 11 is 1.71. The van der Waals surface area contributed by atoms with Crippen LogP contribution in [0.25, 0.3) is 0 Å². The first-order chi connectivity index (χ1) is 20.7. The zero-order chi connectivity index (χ0) is 31.5. The number of carboxylic acids is 1. The Morgan fingerprint density at radius 3 is 2.35 bits per heavy atom. The number of rotatable bonds is 20. The molecule has 0 saturated carbocycles. The summed E-state index contributed by atoms with van der Waals surface area (Å²) in [4.78, 5) is 35.3. The van der Waals surface area contributed by atoms with Crippen molar-refractivity contribution in [2.24, 2.45) is 27.6 Å². The molecule has 0 aliphatic carbocycles. The molecule has 12 nitrogen and oxygen atoms in total. The lowest BCUT2D eigenvalue weighted by molar-refractivity contribution is -0.146. The Morgan fingerprint density at radius 1 is 0.977 bits per heavy atom. The number of amidine groups is 2. The summed E-state index contributed by atoms with van der Waals surface area (Å²) in [6.45, 7) is 4.48. The van der Waals surface area contributed by atoms with Crippen LogP contribution in [0, 0.1) is 5.92 Å². The zero-order valence-corrected chi connectivity index (χ0v) is 26.5. The normalized spacial score (nSPS) is 12.4. The van der Waals surface area contributed by atoms with Crippen molar-refractivity contribution in [1.29, 1.82) is 0 Å². The van der Waals surface area contributed by atoms with Gasteiger partial charge in [-0.2, -0.15) is 0 Å². The number of nitrogens with two attached hydrogens (primary N) is 2. The van der Waals surface area contributed by atoms with Crippen molar-refractivity contribution >= 4 is 56.5 Å². The molecule has 0 radical (unpaired) electrons. The van der Waals surface area contributed by atoms with E-state index in [-0.39, 0.29) is 18.2 Å². The molecule has 0 spiro atoms. The van der Waals surface area contributed by atoms with Crippen LogP contribution in [-0.2, 0) is 20.8 Å². The van der Waals surface area contributed by atoms with E-state index in [2.05, 4.69) is 51.8 Å². The number of anilines is 1. The summed E-state index contributed by atoms with van der Waals surface area (Å²) in [7, 11) is 2.05. The lowest BCUT2D eigenvalue weighted by Crippen LogP contribution is -2.30. The summed E-state index contributed by atoms with van der Waals surface area (Å²) < 4.78 is 2.23. The monoisotopic (exact) mass is 630 g/mol. The summed E-state index contributed by atoms with van der Waals surface area (Å²) in [5.41, 5.74) is 14.1. The Kier molecular flexibility index (Phi) is 16.7. The average molecular weight is 631 g/mol. The number of para-hydroxylation sites is 1. The molecule has 0 fully saturated rings. The highest BCUT2D eigenvalue weighted by Gasteiger charge is 2.24. The first-order valence-electron chi connectivity index (χ1n) is 14.1. The Hall–Kier alpha value is -3.67. The molecule has 0 aromatic heterocycles. The van der Waals surface area contributed by atoms with Gasteiger partial charge in [0, 0.05) is 36.6 Å². The number of benzene rings is 2. The summed E-state index contributed by atoms with van der Waals surface area (Å²) in [6.07, 6.45) is 2.80. The minimum absolute atomic E-state index is 0.0512. The molecule has 2 aromatic carbocycles. The molecule has 0 aliphatic rings. The topological polar surface area (TPSA) is 188 Å². The van der Waals surface area contributed by atoms with Gasteiger partial charge in [-0.25, -0.2) is 0 Å². The first kappa shape index (κ1) is 35.5. The minimum Gasteiger partial charge on any atom is -0.481 e. The van der Waals surface area contributed by atoms with Crippen molar-refractivity contribution < 1.29 is 19.5 Å². The van der Waals surface area contributed by atoms with Crippen LogP contribution >= 0.6 is 21.3 Å². The fourth-order valence-corrected chi connectivity index (χ4v) is 5.15. The second kappa shape index (κ2) is 20.3. The largest absolute Gasteiger partial charge is 0.481 e. The predicted molar refractivity (Wildman–Crippen MR) is 178 cm³/mol. The molecule has 8 N–H and O–H groups in total.